The maximum Gasteiger partial charge on any atom is 0.408 e. The molecule has 26 heavy (non-hydrogen) atoms. The molecule has 2 aliphatic rings. The Morgan fingerprint density at radius 2 is 2.19 bits per heavy atom. The molecule has 10 heteroatoms. The highest BCUT2D eigenvalue weighted by Crippen LogP contribution is 2.59. The van der Waals surface area contributed by atoms with E-state index < -0.39 is 18.1 Å². The van der Waals surface area contributed by atoms with Crippen molar-refractivity contribution in [3.8, 4) is 0 Å². The number of hydroxylamine groups is 1. The molecule has 140 valence electrons. The van der Waals surface area contributed by atoms with Gasteiger partial charge in [-0.1, -0.05) is 6.92 Å². The van der Waals surface area contributed by atoms with Crippen molar-refractivity contribution in [1.82, 2.24) is 15.7 Å². The number of carboxylic acid groups (broad SMARTS) is 1. The Hall–Kier alpha value is -2.62. The second-order valence-electron chi connectivity index (χ2n) is 6.87. The van der Waals surface area contributed by atoms with Crippen LogP contribution in [0.2, 0.25) is 0 Å². The summed E-state index contributed by atoms with van der Waals surface area (Å²) in [7, 11) is 0. The number of nitrogens with one attached hydrogen (secondary N) is 3. The van der Waals surface area contributed by atoms with Gasteiger partial charge < -0.3 is 15.3 Å². The van der Waals surface area contributed by atoms with Crippen LogP contribution in [0.15, 0.2) is 11.4 Å². The summed E-state index contributed by atoms with van der Waals surface area (Å²) in [6, 6.07) is 0.989. The number of thiophene rings is 1. The third kappa shape index (κ3) is 3.50. The lowest BCUT2D eigenvalue weighted by atomic mass is 10.0. The van der Waals surface area contributed by atoms with Crippen LogP contribution in [0.1, 0.15) is 37.1 Å². The van der Waals surface area contributed by atoms with Gasteiger partial charge in [-0.05, 0) is 24.3 Å². The molecule has 1 saturated heterocycles. The zero-order valence-corrected chi connectivity index (χ0v) is 15.2. The highest BCUT2D eigenvalue weighted by atomic mass is 32.1. The van der Waals surface area contributed by atoms with Crippen LogP contribution in [-0.4, -0.2) is 45.9 Å². The normalized spacial score (nSPS) is 26.0. The van der Waals surface area contributed by atoms with E-state index in [0.717, 1.165) is 11.3 Å². The molecule has 9 nitrogen and oxygen atoms in total. The largest absolute Gasteiger partial charge is 0.465 e. The third-order valence-corrected chi connectivity index (χ3v) is 5.77. The Morgan fingerprint density at radius 3 is 2.85 bits per heavy atom. The van der Waals surface area contributed by atoms with Gasteiger partial charge in [-0.25, -0.2) is 10.3 Å². The predicted molar refractivity (Wildman–Crippen MR) is 92.7 cm³/mol. The van der Waals surface area contributed by atoms with Gasteiger partial charge in [0, 0.05) is 28.8 Å². The topological polar surface area (TPSA) is 132 Å². The Labute approximate surface area is 153 Å². The number of hydrogen-bond donors (Lipinski definition) is 4. The summed E-state index contributed by atoms with van der Waals surface area (Å²) >= 11 is 1.35. The molecular formula is C16H20N4O5S. The number of likely N-dealkylation sites (tertiary alicyclic amines) is 1. The fourth-order valence-corrected chi connectivity index (χ4v) is 4.17. The molecule has 0 bridgehead atoms. The van der Waals surface area contributed by atoms with E-state index in [1.807, 2.05) is 6.92 Å². The molecule has 2 fully saturated rings. The van der Waals surface area contributed by atoms with Gasteiger partial charge >= 0.3 is 12.1 Å². The van der Waals surface area contributed by atoms with Crippen LogP contribution in [0.25, 0.3) is 0 Å². The number of hydrogen-bond acceptors (Lipinski definition) is 6. The summed E-state index contributed by atoms with van der Waals surface area (Å²) in [6.45, 7) is 3.48. The SMILES string of the molecule is CC(=O)ONC(=N)c1csc(CNC(=O)[C@@H]2C[C@]3(C)C[C@@H]3N2C(=O)O)c1. The molecule has 0 radical (unpaired) electrons. The van der Waals surface area contributed by atoms with Gasteiger partial charge in [-0.3, -0.25) is 19.9 Å². The lowest BCUT2D eigenvalue weighted by Gasteiger charge is -2.23. The van der Waals surface area contributed by atoms with Gasteiger partial charge in [0.25, 0.3) is 0 Å². The summed E-state index contributed by atoms with van der Waals surface area (Å²) in [4.78, 5) is 41.2. The van der Waals surface area contributed by atoms with Crippen LogP contribution in [0, 0.1) is 10.8 Å². The van der Waals surface area contributed by atoms with Crippen molar-refractivity contribution in [2.45, 2.75) is 45.3 Å². The molecule has 1 aliphatic carbocycles. The molecule has 1 aliphatic heterocycles. The number of rotatable bonds is 4. The van der Waals surface area contributed by atoms with Crippen molar-refractivity contribution >= 4 is 35.1 Å². The van der Waals surface area contributed by atoms with Crippen LogP contribution >= 0.6 is 11.3 Å². The first kappa shape index (κ1) is 18.2. The Morgan fingerprint density at radius 1 is 1.46 bits per heavy atom. The summed E-state index contributed by atoms with van der Waals surface area (Å²) < 4.78 is 0. The minimum Gasteiger partial charge on any atom is -0.465 e. The molecule has 2 amide bonds. The number of nitrogens with zero attached hydrogens (tertiary/aromatic N) is 1. The number of amides is 2. The van der Waals surface area contributed by atoms with Gasteiger partial charge in [0.2, 0.25) is 5.91 Å². The molecule has 3 atom stereocenters. The van der Waals surface area contributed by atoms with E-state index in [-0.39, 0.29) is 29.7 Å². The standard InChI is InChI=1S/C16H20N4O5S/c1-8(21)25-19-13(17)9-3-10(26-7-9)6-18-14(22)11-4-16(2)5-12(16)20(11)15(23)24/h3,7,11-12H,4-6H2,1-2H3,(H2,17,19)(H,18,22)(H,23,24)/t11-,12-,16+/m0/s1. The Balaban J connectivity index is 1.54. The smallest absolute Gasteiger partial charge is 0.408 e. The molecular weight excluding hydrogens is 360 g/mol. The summed E-state index contributed by atoms with van der Waals surface area (Å²) in [6.07, 6.45) is 0.303. The minimum absolute atomic E-state index is 0.0584. The molecule has 1 aromatic heterocycles. The van der Waals surface area contributed by atoms with E-state index in [4.69, 9.17) is 5.41 Å². The fourth-order valence-electron chi connectivity index (χ4n) is 3.36. The zero-order chi connectivity index (χ0) is 19.1. The van der Waals surface area contributed by atoms with Crippen molar-refractivity contribution < 1.29 is 24.3 Å². The van der Waals surface area contributed by atoms with Crippen LogP contribution < -0.4 is 10.8 Å². The average molecular weight is 380 g/mol. The van der Waals surface area contributed by atoms with Crippen LogP contribution in [-0.2, 0) is 21.0 Å². The molecule has 0 aromatic carbocycles. The molecule has 1 saturated carbocycles. The predicted octanol–water partition coefficient (Wildman–Crippen LogP) is 1.29. The average Bonchev–Trinajstić information content (AvgIpc) is 2.95. The number of carbonyl (C=O) groups excluding carboxylic acids is 2. The van der Waals surface area contributed by atoms with E-state index in [1.54, 1.807) is 11.4 Å². The number of carbonyl (C=O) groups is 3. The summed E-state index contributed by atoms with van der Waals surface area (Å²) in [5.74, 6) is -0.914. The van der Waals surface area contributed by atoms with E-state index in [1.165, 1.54) is 23.2 Å². The van der Waals surface area contributed by atoms with Gasteiger partial charge in [0.05, 0.1) is 6.54 Å². The van der Waals surface area contributed by atoms with E-state index >= 15 is 0 Å². The van der Waals surface area contributed by atoms with Gasteiger partial charge in [0.15, 0.2) is 5.84 Å². The molecule has 2 heterocycles. The van der Waals surface area contributed by atoms with Gasteiger partial charge in [-0.15, -0.1) is 11.3 Å². The van der Waals surface area contributed by atoms with Crippen LogP contribution in [0.3, 0.4) is 0 Å². The van der Waals surface area contributed by atoms with Gasteiger partial charge in [0.1, 0.15) is 6.04 Å². The van der Waals surface area contributed by atoms with Gasteiger partial charge in [-0.2, -0.15) is 0 Å². The lowest BCUT2D eigenvalue weighted by Crippen LogP contribution is -2.47. The molecule has 3 rings (SSSR count). The maximum atomic E-state index is 12.4. The highest BCUT2D eigenvalue weighted by molar-refractivity contribution is 7.10. The van der Waals surface area contributed by atoms with Crippen LogP contribution in [0.5, 0.6) is 0 Å². The number of piperidine rings is 1. The van der Waals surface area contributed by atoms with Crippen molar-refractivity contribution in [2.24, 2.45) is 5.41 Å². The molecule has 0 spiro atoms. The maximum absolute atomic E-state index is 12.4. The summed E-state index contributed by atoms with van der Waals surface area (Å²) in [5.41, 5.74) is 2.69. The monoisotopic (exact) mass is 380 g/mol. The van der Waals surface area contributed by atoms with Crippen LogP contribution in [0.4, 0.5) is 4.79 Å². The van der Waals surface area contributed by atoms with Crippen molar-refractivity contribution in [1.29, 1.82) is 5.41 Å². The lowest BCUT2D eigenvalue weighted by molar-refractivity contribution is -0.145. The van der Waals surface area contributed by atoms with E-state index in [0.29, 0.717) is 12.0 Å². The second kappa shape index (κ2) is 6.60. The molecule has 1 aromatic rings. The second-order valence-corrected chi connectivity index (χ2v) is 7.87. The number of amidine groups is 1. The Kier molecular flexibility index (Phi) is 4.61. The fraction of sp³-hybridized carbons (Fsp3) is 0.500. The van der Waals surface area contributed by atoms with Crippen molar-refractivity contribution in [3.63, 3.8) is 0 Å². The Bertz CT molecular complexity index is 778. The first-order valence-corrected chi connectivity index (χ1v) is 8.98. The number of fused-ring (bicyclic) bond motifs is 1. The zero-order valence-electron chi connectivity index (χ0n) is 14.4. The quantitative estimate of drug-likeness (QED) is 0.353. The van der Waals surface area contributed by atoms with Crippen molar-refractivity contribution in [3.05, 3.63) is 21.9 Å². The first-order valence-electron chi connectivity index (χ1n) is 8.10. The summed E-state index contributed by atoms with van der Waals surface area (Å²) in [5, 5.41) is 21.6. The highest BCUT2D eigenvalue weighted by Gasteiger charge is 2.64. The van der Waals surface area contributed by atoms with E-state index in [2.05, 4.69) is 15.6 Å². The molecule has 4 N–H and O–H groups in total. The first-order chi connectivity index (χ1) is 12.2. The third-order valence-electron chi connectivity index (χ3n) is 4.83. The minimum atomic E-state index is -1.06. The van der Waals surface area contributed by atoms with E-state index in [9.17, 15) is 19.5 Å². The molecule has 0 unspecified atom stereocenters. The van der Waals surface area contributed by atoms with Crippen molar-refractivity contribution in [2.75, 3.05) is 0 Å².